The highest BCUT2D eigenvalue weighted by atomic mass is 19.1. The number of rotatable bonds is 2. The Labute approximate surface area is 138 Å². The summed E-state index contributed by atoms with van der Waals surface area (Å²) in [7, 11) is 0. The van der Waals surface area contributed by atoms with Crippen LogP contribution in [-0.2, 0) is 0 Å². The SMILES string of the molecule is O=c1cc(C2CC23CCCC3)nc2c(-c3ccc(F)cc3)c[nH]n12. The first-order chi connectivity index (χ1) is 11.7. The fourth-order valence-electron chi connectivity index (χ4n) is 4.42. The van der Waals surface area contributed by atoms with E-state index in [1.165, 1.54) is 42.3 Å². The van der Waals surface area contributed by atoms with Crippen molar-refractivity contribution in [2.45, 2.75) is 38.0 Å². The van der Waals surface area contributed by atoms with Crippen molar-refractivity contribution < 1.29 is 4.39 Å². The van der Waals surface area contributed by atoms with Crippen LogP contribution in [0.4, 0.5) is 4.39 Å². The van der Waals surface area contributed by atoms with Gasteiger partial charge >= 0.3 is 0 Å². The minimum atomic E-state index is -0.273. The maximum absolute atomic E-state index is 13.2. The molecule has 3 aromatic rings. The smallest absolute Gasteiger partial charge is 0.272 e. The van der Waals surface area contributed by atoms with E-state index < -0.39 is 0 Å². The summed E-state index contributed by atoms with van der Waals surface area (Å²) in [5, 5.41) is 2.97. The number of nitrogens with zero attached hydrogens (tertiary/aromatic N) is 2. The summed E-state index contributed by atoms with van der Waals surface area (Å²) in [6.07, 6.45) is 8.03. The predicted octanol–water partition coefficient (Wildman–Crippen LogP) is 3.88. The van der Waals surface area contributed by atoms with Crippen LogP contribution < -0.4 is 5.56 Å². The lowest BCUT2D eigenvalue weighted by atomic mass is 10.0. The largest absolute Gasteiger partial charge is 0.296 e. The third-order valence-electron chi connectivity index (χ3n) is 5.82. The summed E-state index contributed by atoms with van der Waals surface area (Å²) in [5.74, 6) is 0.152. The highest BCUT2D eigenvalue weighted by molar-refractivity contribution is 5.76. The monoisotopic (exact) mass is 323 g/mol. The minimum Gasteiger partial charge on any atom is -0.296 e. The Kier molecular flexibility index (Phi) is 2.78. The summed E-state index contributed by atoms with van der Waals surface area (Å²) in [6.45, 7) is 0. The Morgan fingerprint density at radius 3 is 2.71 bits per heavy atom. The Hall–Kier alpha value is -2.43. The van der Waals surface area contributed by atoms with Gasteiger partial charge in [-0.05, 0) is 42.4 Å². The Morgan fingerprint density at radius 2 is 1.96 bits per heavy atom. The van der Waals surface area contributed by atoms with Crippen molar-refractivity contribution in [3.05, 3.63) is 58.4 Å². The van der Waals surface area contributed by atoms with Crippen LogP contribution in [0.2, 0.25) is 0 Å². The van der Waals surface area contributed by atoms with E-state index in [0.29, 0.717) is 17.0 Å². The maximum Gasteiger partial charge on any atom is 0.272 e. The summed E-state index contributed by atoms with van der Waals surface area (Å²) in [6, 6.07) is 7.96. The van der Waals surface area contributed by atoms with Crippen molar-refractivity contribution in [2.24, 2.45) is 5.41 Å². The van der Waals surface area contributed by atoms with Gasteiger partial charge < -0.3 is 0 Å². The molecule has 1 N–H and O–H groups in total. The van der Waals surface area contributed by atoms with Crippen molar-refractivity contribution in [1.29, 1.82) is 0 Å². The number of aromatic nitrogens is 3. The topological polar surface area (TPSA) is 50.2 Å². The quantitative estimate of drug-likeness (QED) is 0.778. The molecule has 0 aliphatic heterocycles. The second kappa shape index (κ2) is 4.79. The van der Waals surface area contributed by atoms with E-state index in [2.05, 4.69) is 5.10 Å². The van der Waals surface area contributed by atoms with Crippen molar-refractivity contribution in [3.63, 3.8) is 0 Å². The summed E-state index contributed by atoms with van der Waals surface area (Å²) < 4.78 is 14.6. The number of H-pyrrole nitrogens is 1. The number of benzene rings is 1. The molecular weight excluding hydrogens is 305 g/mol. The molecule has 122 valence electrons. The van der Waals surface area contributed by atoms with E-state index in [0.717, 1.165) is 23.2 Å². The maximum atomic E-state index is 13.2. The molecule has 2 heterocycles. The molecule has 2 aliphatic carbocycles. The molecule has 1 spiro atoms. The number of aromatic amines is 1. The van der Waals surface area contributed by atoms with E-state index in [1.54, 1.807) is 24.4 Å². The second-order valence-corrected chi connectivity index (χ2v) is 7.20. The van der Waals surface area contributed by atoms with E-state index in [1.807, 2.05) is 0 Å². The molecule has 2 fully saturated rings. The van der Waals surface area contributed by atoms with Gasteiger partial charge in [-0.15, -0.1) is 0 Å². The van der Waals surface area contributed by atoms with Gasteiger partial charge in [0.05, 0.1) is 5.69 Å². The first kappa shape index (κ1) is 14.0. The molecule has 0 amide bonds. The molecule has 5 rings (SSSR count). The molecule has 4 nitrogen and oxygen atoms in total. The Morgan fingerprint density at radius 1 is 1.21 bits per heavy atom. The van der Waals surface area contributed by atoms with Crippen LogP contribution in [0, 0.1) is 11.2 Å². The van der Waals surface area contributed by atoms with Gasteiger partial charge in [-0.2, -0.15) is 0 Å². The van der Waals surface area contributed by atoms with Crippen molar-refractivity contribution in [3.8, 4) is 11.1 Å². The Balaban J connectivity index is 1.63. The molecule has 2 aliphatic rings. The van der Waals surface area contributed by atoms with Crippen molar-refractivity contribution in [1.82, 2.24) is 14.6 Å². The van der Waals surface area contributed by atoms with Crippen LogP contribution in [-0.4, -0.2) is 14.6 Å². The average molecular weight is 323 g/mol. The van der Waals surface area contributed by atoms with Gasteiger partial charge in [-0.3, -0.25) is 9.89 Å². The van der Waals surface area contributed by atoms with E-state index in [-0.39, 0.29) is 11.4 Å². The molecule has 0 radical (unpaired) electrons. The molecule has 5 heteroatoms. The Bertz CT molecular complexity index is 980. The zero-order chi connectivity index (χ0) is 16.3. The van der Waals surface area contributed by atoms with Gasteiger partial charge in [-0.25, -0.2) is 13.9 Å². The second-order valence-electron chi connectivity index (χ2n) is 7.20. The first-order valence-corrected chi connectivity index (χ1v) is 8.53. The zero-order valence-electron chi connectivity index (χ0n) is 13.3. The lowest BCUT2D eigenvalue weighted by Gasteiger charge is -2.08. The first-order valence-electron chi connectivity index (χ1n) is 8.53. The fourth-order valence-corrected chi connectivity index (χ4v) is 4.42. The van der Waals surface area contributed by atoms with E-state index in [4.69, 9.17) is 4.98 Å². The molecule has 1 unspecified atom stereocenters. The van der Waals surface area contributed by atoms with Crippen LogP contribution in [0.25, 0.3) is 16.8 Å². The number of fused-ring (bicyclic) bond motifs is 1. The summed E-state index contributed by atoms with van der Waals surface area (Å²) in [4.78, 5) is 17.3. The molecular formula is C19H18FN3O. The minimum absolute atomic E-state index is 0.0802. The highest BCUT2D eigenvalue weighted by Gasteiger charge is 2.56. The van der Waals surface area contributed by atoms with Crippen LogP contribution in [0.1, 0.15) is 43.7 Å². The number of halogens is 1. The van der Waals surface area contributed by atoms with Gasteiger partial charge in [0, 0.05) is 23.7 Å². The van der Waals surface area contributed by atoms with Crippen LogP contribution >= 0.6 is 0 Å². The van der Waals surface area contributed by atoms with Crippen LogP contribution in [0.3, 0.4) is 0 Å². The zero-order valence-corrected chi connectivity index (χ0v) is 13.3. The summed E-state index contributed by atoms with van der Waals surface area (Å²) in [5.41, 5.74) is 3.56. The van der Waals surface area contributed by atoms with Crippen molar-refractivity contribution >= 4 is 5.65 Å². The van der Waals surface area contributed by atoms with Gasteiger partial charge in [0.1, 0.15) is 5.82 Å². The lowest BCUT2D eigenvalue weighted by Crippen LogP contribution is -2.16. The lowest BCUT2D eigenvalue weighted by molar-refractivity contribution is 0.509. The summed E-state index contributed by atoms with van der Waals surface area (Å²) >= 11 is 0. The van der Waals surface area contributed by atoms with Crippen LogP contribution in [0.5, 0.6) is 0 Å². The molecule has 2 saturated carbocycles. The average Bonchev–Trinajstić information content (AvgIpc) is 2.91. The molecule has 0 saturated heterocycles. The molecule has 24 heavy (non-hydrogen) atoms. The molecule has 1 aromatic carbocycles. The van der Waals surface area contributed by atoms with Gasteiger partial charge in [-0.1, -0.05) is 25.0 Å². The molecule has 1 atom stereocenters. The fraction of sp³-hybridized carbons (Fsp3) is 0.368. The third kappa shape index (κ3) is 1.97. The van der Waals surface area contributed by atoms with Crippen LogP contribution in [0.15, 0.2) is 41.3 Å². The normalized spacial score (nSPS) is 21.6. The van der Waals surface area contributed by atoms with Crippen molar-refractivity contribution in [2.75, 3.05) is 0 Å². The number of hydrogen-bond donors (Lipinski definition) is 1. The predicted molar refractivity (Wildman–Crippen MR) is 89.5 cm³/mol. The van der Waals surface area contributed by atoms with E-state index in [9.17, 15) is 9.18 Å². The molecule has 0 bridgehead atoms. The highest BCUT2D eigenvalue weighted by Crippen LogP contribution is 2.67. The van der Waals surface area contributed by atoms with Gasteiger partial charge in [0.25, 0.3) is 5.56 Å². The van der Waals surface area contributed by atoms with E-state index >= 15 is 0 Å². The number of hydrogen-bond acceptors (Lipinski definition) is 2. The molecule has 2 aromatic heterocycles. The van der Waals surface area contributed by atoms with Gasteiger partial charge in [0.15, 0.2) is 5.65 Å². The number of nitrogens with one attached hydrogen (secondary N) is 1. The van der Waals surface area contributed by atoms with Gasteiger partial charge in [0.2, 0.25) is 0 Å². The standard InChI is InChI=1S/C19H18FN3O/c20-13-5-3-12(4-6-13)14-11-21-23-17(24)9-16(22-18(14)23)15-10-19(15)7-1-2-8-19/h3-6,9,11,15,21H,1-2,7-8,10H2. The third-order valence-corrected chi connectivity index (χ3v) is 5.82.